The monoisotopic (exact) mass is 232 g/mol. The summed E-state index contributed by atoms with van der Waals surface area (Å²) in [6, 6.07) is 6.57. The van der Waals surface area contributed by atoms with Crippen LogP contribution in [0.2, 0.25) is 0 Å². The van der Waals surface area contributed by atoms with Crippen LogP contribution in [-0.2, 0) is 6.42 Å². The molecule has 1 aromatic heterocycles. The molecule has 0 saturated heterocycles. The first kappa shape index (κ1) is 11.3. The third-order valence-corrected chi connectivity index (χ3v) is 3.67. The third kappa shape index (κ3) is 2.49. The fourth-order valence-corrected chi connectivity index (χ4v) is 2.39. The van der Waals surface area contributed by atoms with Gasteiger partial charge in [-0.15, -0.1) is 11.3 Å². The number of nitrogens with zero attached hydrogens (tertiary/aromatic N) is 1. The number of hydrogen-bond acceptors (Lipinski definition) is 3. The summed E-state index contributed by atoms with van der Waals surface area (Å²) >= 11 is 1.62. The van der Waals surface area contributed by atoms with Gasteiger partial charge in [0.15, 0.2) is 0 Å². The van der Waals surface area contributed by atoms with Gasteiger partial charge in [0.25, 0.3) is 0 Å². The Kier molecular flexibility index (Phi) is 3.36. The van der Waals surface area contributed by atoms with Gasteiger partial charge in [0, 0.05) is 17.1 Å². The molecule has 2 N–H and O–H groups in total. The molecule has 0 aliphatic rings. The Balaban J connectivity index is 2.17. The second-order valence-electron chi connectivity index (χ2n) is 4.14. The Morgan fingerprint density at radius 3 is 2.88 bits per heavy atom. The topological polar surface area (TPSA) is 38.9 Å². The quantitative estimate of drug-likeness (QED) is 0.883. The van der Waals surface area contributed by atoms with E-state index < -0.39 is 0 Å². The lowest BCUT2D eigenvalue weighted by Gasteiger charge is -2.12. The molecule has 0 amide bonds. The van der Waals surface area contributed by atoms with Crippen molar-refractivity contribution in [3.8, 4) is 0 Å². The maximum absolute atomic E-state index is 6.16. The second kappa shape index (κ2) is 4.76. The molecule has 1 aromatic carbocycles. The van der Waals surface area contributed by atoms with Crippen molar-refractivity contribution >= 4 is 11.3 Å². The van der Waals surface area contributed by atoms with Crippen LogP contribution in [0.5, 0.6) is 0 Å². The molecule has 0 aliphatic heterocycles. The minimum Gasteiger partial charge on any atom is -0.323 e. The maximum atomic E-state index is 6.16. The molecule has 0 bridgehead atoms. The van der Waals surface area contributed by atoms with Crippen LogP contribution in [0, 0.1) is 13.8 Å². The number of thiazole rings is 1. The summed E-state index contributed by atoms with van der Waals surface area (Å²) in [7, 11) is 0. The van der Waals surface area contributed by atoms with E-state index in [0.717, 1.165) is 11.3 Å². The van der Waals surface area contributed by atoms with Crippen molar-refractivity contribution in [1.29, 1.82) is 0 Å². The van der Waals surface area contributed by atoms with Gasteiger partial charge < -0.3 is 5.73 Å². The van der Waals surface area contributed by atoms with Crippen LogP contribution >= 0.6 is 11.3 Å². The van der Waals surface area contributed by atoms with Crippen molar-refractivity contribution in [2.75, 3.05) is 0 Å². The van der Waals surface area contributed by atoms with E-state index >= 15 is 0 Å². The minimum absolute atomic E-state index is 0.0630. The highest BCUT2D eigenvalue weighted by Crippen LogP contribution is 2.21. The Labute approximate surface area is 100 Å². The van der Waals surface area contributed by atoms with E-state index in [2.05, 4.69) is 37.0 Å². The van der Waals surface area contributed by atoms with Gasteiger partial charge in [-0.3, -0.25) is 4.98 Å². The lowest BCUT2D eigenvalue weighted by Crippen LogP contribution is -2.12. The second-order valence-corrected chi connectivity index (χ2v) is 5.06. The lowest BCUT2D eigenvalue weighted by molar-refractivity contribution is 0.730. The Hall–Kier alpha value is -1.19. The zero-order valence-corrected chi connectivity index (χ0v) is 10.4. The summed E-state index contributed by atoms with van der Waals surface area (Å²) in [5, 5.41) is 0. The summed E-state index contributed by atoms with van der Waals surface area (Å²) in [4.78, 5) is 5.22. The summed E-state index contributed by atoms with van der Waals surface area (Å²) < 4.78 is 0. The molecule has 0 saturated carbocycles. The van der Waals surface area contributed by atoms with Gasteiger partial charge in [0.2, 0.25) is 0 Å². The van der Waals surface area contributed by atoms with Crippen molar-refractivity contribution in [3.63, 3.8) is 0 Å². The molecule has 2 nitrogen and oxygen atoms in total. The predicted octanol–water partition coefficient (Wildman–Crippen LogP) is 3.00. The van der Waals surface area contributed by atoms with E-state index in [-0.39, 0.29) is 6.04 Å². The van der Waals surface area contributed by atoms with Crippen LogP contribution in [-0.4, -0.2) is 4.98 Å². The summed E-state index contributed by atoms with van der Waals surface area (Å²) in [5.74, 6) is 0. The number of aromatic nitrogens is 1. The van der Waals surface area contributed by atoms with Crippen LogP contribution in [0.3, 0.4) is 0 Å². The Morgan fingerprint density at radius 1 is 1.38 bits per heavy atom. The molecule has 1 heterocycles. The van der Waals surface area contributed by atoms with Crippen LogP contribution in [0.15, 0.2) is 29.9 Å². The number of benzene rings is 1. The molecule has 0 fully saturated rings. The highest BCUT2D eigenvalue weighted by molar-refractivity contribution is 7.09. The van der Waals surface area contributed by atoms with Gasteiger partial charge in [-0.1, -0.05) is 23.8 Å². The molecule has 1 atom stereocenters. The number of rotatable bonds is 3. The average Bonchev–Trinajstić information content (AvgIpc) is 2.76. The molecule has 1 unspecified atom stereocenters. The highest BCUT2D eigenvalue weighted by Gasteiger charge is 2.10. The highest BCUT2D eigenvalue weighted by atomic mass is 32.1. The zero-order valence-electron chi connectivity index (χ0n) is 9.60. The number of aryl methyl sites for hydroxylation is 2. The molecular weight excluding hydrogens is 216 g/mol. The van der Waals surface area contributed by atoms with Crippen molar-refractivity contribution in [2.45, 2.75) is 26.3 Å². The standard InChI is InChI=1S/C13H16N2S/c1-9-3-4-10(2)11(5-9)6-12(14)13-7-15-8-16-13/h3-5,7-8,12H,6,14H2,1-2H3. The van der Waals surface area contributed by atoms with E-state index in [9.17, 15) is 0 Å². The molecular formula is C13H16N2S. The first-order chi connectivity index (χ1) is 7.66. The summed E-state index contributed by atoms with van der Waals surface area (Å²) in [6.07, 6.45) is 2.75. The fourth-order valence-electron chi connectivity index (χ4n) is 1.77. The van der Waals surface area contributed by atoms with E-state index in [1.807, 2.05) is 11.7 Å². The van der Waals surface area contributed by atoms with Crippen molar-refractivity contribution in [3.05, 3.63) is 51.5 Å². The summed E-state index contributed by atoms with van der Waals surface area (Å²) in [6.45, 7) is 4.25. The predicted molar refractivity (Wildman–Crippen MR) is 68.7 cm³/mol. The van der Waals surface area contributed by atoms with Gasteiger partial charge in [-0.25, -0.2) is 0 Å². The van der Waals surface area contributed by atoms with E-state index in [1.54, 1.807) is 11.3 Å². The van der Waals surface area contributed by atoms with Gasteiger partial charge in [-0.05, 0) is 31.4 Å². The molecule has 16 heavy (non-hydrogen) atoms. The average molecular weight is 232 g/mol. The molecule has 2 rings (SSSR count). The van der Waals surface area contributed by atoms with Crippen molar-refractivity contribution in [1.82, 2.24) is 4.98 Å². The zero-order chi connectivity index (χ0) is 11.5. The van der Waals surface area contributed by atoms with Crippen LogP contribution in [0.1, 0.15) is 27.6 Å². The molecule has 84 valence electrons. The van der Waals surface area contributed by atoms with Crippen molar-refractivity contribution in [2.24, 2.45) is 5.73 Å². The first-order valence-corrected chi connectivity index (χ1v) is 6.25. The Morgan fingerprint density at radius 2 is 2.19 bits per heavy atom. The van der Waals surface area contributed by atoms with Crippen LogP contribution in [0.4, 0.5) is 0 Å². The van der Waals surface area contributed by atoms with Gasteiger partial charge >= 0.3 is 0 Å². The molecule has 3 heteroatoms. The summed E-state index contributed by atoms with van der Waals surface area (Å²) in [5.41, 5.74) is 11.9. The largest absolute Gasteiger partial charge is 0.323 e. The molecule has 0 radical (unpaired) electrons. The lowest BCUT2D eigenvalue weighted by atomic mass is 9.99. The van der Waals surface area contributed by atoms with Crippen LogP contribution in [0.25, 0.3) is 0 Å². The first-order valence-electron chi connectivity index (χ1n) is 5.37. The van der Waals surface area contributed by atoms with E-state index in [1.165, 1.54) is 16.7 Å². The smallest absolute Gasteiger partial charge is 0.0794 e. The van der Waals surface area contributed by atoms with Crippen LogP contribution < -0.4 is 5.73 Å². The minimum atomic E-state index is 0.0630. The third-order valence-electron chi connectivity index (χ3n) is 2.76. The maximum Gasteiger partial charge on any atom is 0.0794 e. The van der Waals surface area contributed by atoms with E-state index in [0.29, 0.717) is 0 Å². The van der Waals surface area contributed by atoms with Gasteiger partial charge in [0.05, 0.1) is 5.51 Å². The molecule has 2 aromatic rings. The molecule has 0 spiro atoms. The fraction of sp³-hybridized carbons (Fsp3) is 0.308. The van der Waals surface area contributed by atoms with Gasteiger partial charge in [0.1, 0.15) is 0 Å². The number of hydrogen-bond donors (Lipinski definition) is 1. The van der Waals surface area contributed by atoms with E-state index in [4.69, 9.17) is 5.73 Å². The van der Waals surface area contributed by atoms with Crippen molar-refractivity contribution < 1.29 is 0 Å². The molecule has 0 aliphatic carbocycles. The number of nitrogens with two attached hydrogens (primary N) is 1. The normalized spacial score (nSPS) is 12.7. The SMILES string of the molecule is Cc1ccc(C)c(CC(N)c2cncs2)c1. The van der Waals surface area contributed by atoms with Gasteiger partial charge in [-0.2, -0.15) is 0 Å². The Bertz CT molecular complexity index is 463.